The first-order chi connectivity index (χ1) is 17.6. The van der Waals surface area contributed by atoms with E-state index in [1.165, 1.54) is 0 Å². The molecule has 2 saturated heterocycles. The smallest absolute Gasteiger partial charge is 0.343 e. The Bertz CT molecular complexity index is 1360. The molecule has 1 N–H and O–H groups in total. The Balaban J connectivity index is 1.44. The van der Waals surface area contributed by atoms with Crippen molar-refractivity contribution in [3.63, 3.8) is 0 Å². The Hall–Kier alpha value is -2.39. The zero-order valence-corrected chi connectivity index (χ0v) is 22.7. The van der Waals surface area contributed by atoms with E-state index in [9.17, 15) is 18.3 Å². The predicted molar refractivity (Wildman–Crippen MR) is 142 cm³/mol. The van der Waals surface area contributed by atoms with Gasteiger partial charge in [0.2, 0.25) is 0 Å². The summed E-state index contributed by atoms with van der Waals surface area (Å²) in [5, 5.41) is 11.7. The molecule has 0 bridgehead atoms. The van der Waals surface area contributed by atoms with E-state index in [1.807, 2.05) is 13.0 Å². The van der Waals surface area contributed by atoms with E-state index < -0.39 is 21.4 Å². The quantitative estimate of drug-likeness (QED) is 0.513. The third kappa shape index (κ3) is 5.17. The van der Waals surface area contributed by atoms with Gasteiger partial charge in [-0.05, 0) is 86.5 Å². The molecule has 9 heteroatoms. The van der Waals surface area contributed by atoms with E-state index >= 15 is 0 Å². The van der Waals surface area contributed by atoms with E-state index in [4.69, 9.17) is 21.1 Å². The minimum atomic E-state index is -3.38. The van der Waals surface area contributed by atoms with Crippen molar-refractivity contribution in [2.75, 3.05) is 32.5 Å². The monoisotopic (exact) mass is 545 g/mol. The van der Waals surface area contributed by atoms with E-state index in [0.717, 1.165) is 57.2 Å². The summed E-state index contributed by atoms with van der Waals surface area (Å²) in [7, 11) is -3.38. The summed E-state index contributed by atoms with van der Waals surface area (Å²) < 4.78 is 35.7. The van der Waals surface area contributed by atoms with Gasteiger partial charge in [-0.1, -0.05) is 23.7 Å². The molecule has 0 aliphatic carbocycles. The SMILES string of the molecule is Cc1cc(-c2cccc(S(C)(=O)=O)c2)c(Cl)cc1C1=C(O)C2(CCCN(CCC3CCCO3)C2)OC1=O. The lowest BCUT2D eigenvalue weighted by atomic mass is 9.87. The predicted octanol–water partition coefficient (Wildman–Crippen LogP) is 4.95. The lowest BCUT2D eigenvalue weighted by molar-refractivity contribution is -0.151. The number of esters is 1. The second-order valence-corrected chi connectivity index (χ2v) is 12.8. The number of aryl methyl sites for hydroxylation is 1. The fourth-order valence-corrected chi connectivity index (χ4v) is 6.62. The van der Waals surface area contributed by atoms with E-state index in [1.54, 1.807) is 30.3 Å². The number of piperidine rings is 1. The molecular weight excluding hydrogens is 514 g/mol. The average Bonchev–Trinajstić information content (AvgIpc) is 3.45. The van der Waals surface area contributed by atoms with Crippen molar-refractivity contribution in [2.45, 2.75) is 55.6 Å². The van der Waals surface area contributed by atoms with Crippen LogP contribution in [0.4, 0.5) is 0 Å². The molecule has 1 spiro atoms. The van der Waals surface area contributed by atoms with Crippen molar-refractivity contribution in [1.29, 1.82) is 0 Å². The lowest BCUT2D eigenvalue weighted by Gasteiger charge is -2.39. The second-order valence-electron chi connectivity index (χ2n) is 10.4. The number of carbonyl (C=O) groups excluding carboxylic acids is 1. The van der Waals surface area contributed by atoms with Crippen LogP contribution in [-0.2, 0) is 24.1 Å². The van der Waals surface area contributed by atoms with Crippen molar-refractivity contribution in [2.24, 2.45) is 0 Å². The summed E-state index contributed by atoms with van der Waals surface area (Å²) in [6.07, 6.45) is 5.93. The Morgan fingerprint density at radius 3 is 2.73 bits per heavy atom. The van der Waals surface area contributed by atoms with Crippen LogP contribution in [0.25, 0.3) is 16.7 Å². The number of likely N-dealkylation sites (tertiary alicyclic amines) is 1. The number of ether oxygens (including phenoxy) is 2. The molecule has 2 aromatic carbocycles. The van der Waals surface area contributed by atoms with Gasteiger partial charge in [0.1, 0.15) is 5.57 Å². The summed E-state index contributed by atoms with van der Waals surface area (Å²) in [4.78, 5) is 15.6. The topological polar surface area (TPSA) is 93.1 Å². The van der Waals surface area contributed by atoms with Gasteiger partial charge < -0.3 is 14.6 Å². The molecule has 3 aliphatic heterocycles. The number of aliphatic hydroxyl groups excluding tert-OH is 1. The van der Waals surface area contributed by atoms with Crippen LogP contribution in [0.2, 0.25) is 5.02 Å². The van der Waals surface area contributed by atoms with Crippen molar-refractivity contribution in [3.8, 4) is 11.1 Å². The number of nitrogens with zero attached hydrogens (tertiary/aromatic N) is 1. The van der Waals surface area contributed by atoms with Crippen LogP contribution < -0.4 is 0 Å². The standard InChI is InChI=1S/C28H32ClNO6S/c1-18-14-23(19-6-3-8-21(15-19)37(2,33)34)24(29)16-22(18)25-26(31)28(36-27(25)32)10-5-11-30(17-28)12-9-20-7-4-13-35-20/h3,6,8,14-16,20,31H,4-5,7,9-13,17H2,1-2H3. The molecule has 2 atom stereocenters. The fourth-order valence-electron chi connectivity index (χ4n) is 5.68. The van der Waals surface area contributed by atoms with Crippen LogP contribution in [0.1, 0.15) is 43.2 Å². The van der Waals surface area contributed by atoms with Gasteiger partial charge in [-0.25, -0.2) is 13.2 Å². The summed E-state index contributed by atoms with van der Waals surface area (Å²) in [5.74, 6) is -0.588. The van der Waals surface area contributed by atoms with E-state index in [2.05, 4.69) is 4.90 Å². The van der Waals surface area contributed by atoms with Gasteiger partial charge in [0.15, 0.2) is 21.2 Å². The zero-order valence-electron chi connectivity index (χ0n) is 21.1. The highest BCUT2D eigenvalue weighted by Crippen LogP contribution is 2.44. The minimum Gasteiger partial charge on any atom is -0.507 e. The molecular formula is C28H32ClNO6S. The lowest BCUT2D eigenvalue weighted by Crippen LogP contribution is -2.50. The average molecular weight is 546 g/mol. The number of benzene rings is 2. The Labute approximate surface area is 222 Å². The first-order valence-electron chi connectivity index (χ1n) is 12.7. The number of rotatable bonds is 6. The summed E-state index contributed by atoms with van der Waals surface area (Å²) in [6, 6.07) is 10.1. The van der Waals surface area contributed by atoms with Crippen LogP contribution in [0.5, 0.6) is 0 Å². The number of hydrogen-bond donors (Lipinski definition) is 1. The molecule has 5 rings (SSSR count). The Morgan fingerprint density at radius 1 is 1.19 bits per heavy atom. The normalized spacial score (nSPS) is 24.7. The van der Waals surface area contributed by atoms with Crippen LogP contribution in [0.3, 0.4) is 0 Å². The molecule has 2 fully saturated rings. The maximum atomic E-state index is 13.1. The third-order valence-corrected chi connectivity index (χ3v) is 9.07. The van der Waals surface area contributed by atoms with Gasteiger partial charge in [0.25, 0.3) is 0 Å². The minimum absolute atomic E-state index is 0.0368. The Morgan fingerprint density at radius 2 is 2.00 bits per heavy atom. The molecule has 0 saturated carbocycles. The molecule has 0 radical (unpaired) electrons. The van der Waals surface area contributed by atoms with E-state index in [0.29, 0.717) is 34.7 Å². The van der Waals surface area contributed by atoms with Gasteiger partial charge >= 0.3 is 5.97 Å². The van der Waals surface area contributed by atoms with Crippen LogP contribution in [0.15, 0.2) is 47.1 Å². The highest BCUT2D eigenvalue weighted by molar-refractivity contribution is 7.90. The second kappa shape index (κ2) is 10.1. The van der Waals surface area contributed by atoms with Gasteiger partial charge in [-0.3, -0.25) is 4.90 Å². The highest BCUT2D eigenvalue weighted by atomic mass is 35.5. The molecule has 7 nitrogen and oxygen atoms in total. The highest BCUT2D eigenvalue weighted by Gasteiger charge is 2.51. The number of carbonyl (C=O) groups is 1. The maximum absolute atomic E-state index is 13.1. The number of hydrogen-bond acceptors (Lipinski definition) is 7. The van der Waals surface area contributed by atoms with Crippen molar-refractivity contribution >= 4 is 33.0 Å². The number of aliphatic hydroxyl groups is 1. The molecule has 37 heavy (non-hydrogen) atoms. The van der Waals surface area contributed by atoms with Crippen molar-refractivity contribution < 1.29 is 27.8 Å². The van der Waals surface area contributed by atoms with Gasteiger partial charge in [-0.2, -0.15) is 0 Å². The van der Waals surface area contributed by atoms with Crippen molar-refractivity contribution in [1.82, 2.24) is 4.90 Å². The first-order valence-corrected chi connectivity index (χ1v) is 15.0. The summed E-state index contributed by atoms with van der Waals surface area (Å²) in [6.45, 7) is 4.83. The molecule has 0 aromatic heterocycles. The Kier molecular flexibility index (Phi) is 7.13. The number of halogens is 1. The van der Waals surface area contributed by atoms with Crippen LogP contribution in [0, 0.1) is 6.92 Å². The summed E-state index contributed by atoms with van der Waals surface area (Å²) >= 11 is 6.65. The summed E-state index contributed by atoms with van der Waals surface area (Å²) in [5.41, 5.74) is 1.64. The molecule has 3 heterocycles. The maximum Gasteiger partial charge on any atom is 0.343 e. The zero-order chi connectivity index (χ0) is 26.4. The van der Waals surface area contributed by atoms with E-state index in [-0.39, 0.29) is 22.3 Å². The van der Waals surface area contributed by atoms with Crippen LogP contribution >= 0.6 is 11.6 Å². The molecule has 2 unspecified atom stereocenters. The molecule has 3 aliphatic rings. The molecule has 198 valence electrons. The van der Waals surface area contributed by atoms with Gasteiger partial charge in [-0.15, -0.1) is 0 Å². The largest absolute Gasteiger partial charge is 0.507 e. The van der Waals surface area contributed by atoms with Gasteiger partial charge in [0.05, 0.1) is 11.0 Å². The third-order valence-electron chi connectivity index (χ3n) is 7.64. The number of sulfone groups is 1. The fraction of sp³-hybridized carbons (Fsp3) is 0.464. The molecule has 0 amide bonds. The first kappa shape index (κ1) is 26.2. The van der Waals surface area contributed by atoms with Crippen molar-refractivity contribution in [3.05, 3.63) is 58.3 Å². The molecule has 2 aromatic rings. The van der Waals surface area contributed by atoms with Gasteiger partial charge in [0, 0.05) is 36.5 Å². The van der Waals surface area contributed by atoms with Crippen LogP contribution in [-0.4, -0.2) is 68.6 Å².